The van der Waals surface area contributed by atoms with Crippen LogP contribution < -0.4 is 10.1 Å². The van der Waals surface area contributed by atoms with Crippen LogP contribution in [0.25, 0.3) is 0 Å². The zero-order valence-corrected chi connectivity index (χ0v) is 10.1. The van der Waals surface area contributed by atoms with Gasteiger partial charge in [-0.2, -0.15) is 0 Å². The lowest BCUT2D eigenvalue weighted by Gasteiger charge is -2.12. The number of amides is 1. The van der Waals surface area contributed by atoms with Crippen molar-refractivity contribution in [2.75, 3.05) is 7.11 Å². The lowest BCUT2D eigenvalue weighted by atomic mass is 10.1. The topological polar surface area (TPSA) is 95.9 Å². The number of carbonyl (C=O) groups is 2. The molecular weight excluding hydrogens is 238 g/mol. The molecule has 0 aliphatic carbocycles. The van der Waals surface area contributed by atoms with E-state index in [4.69, 9.17) is 9.84 Å². The zero-order valence-electron chi connectivity index (χ0n) is 10.1. The quantitative estimate of drug-likeness (QED) is 0.727. The summed E-state index contributed by atoms with van der Waals surface area (Å²) in [4.78, 5) is 22.5. The summed E-state index contributed by atoms with van der Waals surface area (Å²) in [6, 6.07) is 3.17. The summed E-state index contributed by atoms with van der Waals surface area (Å²) >= 11 is 0. The summed E-state index contributed by atoms with van der Waals surface area (Å²) in [5.74, 6) is -1.57. The standard InChI is InChI=1S/C12H15NO5/c1-3-8(12(16)17)13-11(15)7-4-5-10(18-2)9(14)6-7/h4-6,8,14H,3H2,1-2H3,(H,13,15)(H,16,17)/t8-/m0/s1. The van der Waals surface area contributed by atoms with E-state index in [9.17, 15) is 14.7 Å². The van der Waals surface area contributed by atoms with Gasteiger partial charge in [-0.05, 0) is 24.6 Å². The molecule has 1 aromatic carbocycles. The van der Waals surface area contributed by atoms with Crippen LogP contribution in [-0.4, -0.2) is 35.2 Å². The molecule has 0 aliphatic heterocycles. The molecule has 0 aliphatic rings. The largest absolute Gasteiger partial charge is 0.504 e. The fraction of sp³-hybridized carbons (Fsp3) is 0.333. The first-order valence-electron chi connectivity index (χ1n) is 5.40. The van der Waals surface area contributed by atoms with Crippen molar-refractivity contribution in [3.8, 4) is 11.5 Å². The number of hydrogen-bond donors (Lipinski definition) is 3. The number of aliphatic carboxylic acids is 1. The molecule has 0 saturated carbocycles. The van der Waals surface area contributed by atoms with Gasteiger partial charge in [-0.3, -0.25) is 4.79 Å². The SMILES string of the molecule is CC[C@H](NC(=O)c1ccc(OC)c(O)c1)C(=O)O. The molecule has 98 valence electrons. The number of aromatic hydroxyl groups is 1. The van der Waals surface area contributed by atoms with Gasteiger partial charge < -0.3 is 20.3 Å². The van der Waals surface area contributed by atoms with E-state index in [1.54, 1.807) is 6.92 Å². The Labute approximate surface area is 104 Å². The highest BCUT2D eigenvalue weighted by Crippen LogP contribution is 2.26. The molecule has 0 radical (unpaired) electrons. The van der Waals surface area contributed by atoms with Gasteiger partial charge in [0.15, 0.2) is 11.5 Å². The minimum atomic E-state index is -1.09. The molecular formula is C12H15NO5. The lowest BCUT2D eigenvalue weighted by molar-refractivity contribution is -0.139. The number of carbonyl (C=O) groups excluding carboxylic acids is 1. The molecule has 0 aromatic heterocycles. The fourth-order valence-electron chi connectivity index (χ4n) is 1.41. The Morgan fingerprint density at radius 1 is 1.44 bits per heavy atom. The minimum Gasteiger partial charge on any atom is -0.504 e. The monoisotopic (exact) mass is 253 g/mol. The van der Waals surface area contributed by atoms with Gasteiger partial charge in [-0.1, -0.05) is 6.92 Å². The Morgan fingerprint density at radius 3 is 2.56 bits per heavy atom. The first kappa shape index (κ1) is 13.8. The van der Waals surface area contributed by atoms with Gasteiger partial charge in [-0.25, -0.2) is 4.79 Å². The first-order chi connectivity index (χ1) is 8.49. The number of nitrogens with one attached hydrogen (secondary N) is 1. The van der Waals surface area contributed by atoms with Gasteiger partial charge in [0.05, 0.1) is 7.11 Å². The van der Waals surface area contributed by atoms with Crippen LogP contribution >= 0.6 is 0 Å². The molecule has 1 aromatic rings. The predicted octanol–water partition coefficient (Wildman–Crippen LogP) is 0.994. The highest BCUT2D eigenvalue weighted by atomic mass is 16.5. The van der Waals surface area contributed by atoms with Crippen molar-refractivity contribution in [1.82, 2.24) is 5.32 Å². The number of phenols is 1. The van der Waals surface area contributed by atoms with Crippen LogP contribution in [0.15, 0.2) is 18.2 Å². The van der Waals surface area contributed by atoms with E-state index >= 15 is 0 Å². The normalized spacial score (nSPS) is 11.7. The summed E-state index contributed by atoms with van der Waals surface area (Å²) in [6.07, 6.45) is 0.281. The lowest BCUT2D eigenvalue weighted by Crippen LogP contribution is -2.40. The van der Waals surface area contributed by atoms with E-state index < -0.39 is 17.9 Å². The number of methoxy groups -OCH3 is 1. The van der Waals surface area contributed by atoms with Crippen LogP contribution in [-0.2, 0) is 4.79 Å². The van der Waals surface area contributed by atoms with Crippen LogP contribution in [0, 0.1) is 0 Å². The summed E-state index contributed by atoms with van der Waals surface area (Å²) in [5, 5.41) is 20.7. The Morgan fingerprint density at radius 2 is 2.11 bits per heavy atom. The number of rotatable bonds is 5. The van der Waals surface area contributed by atoms with Gasteiger partial charge in [0.1, 0.15) is 6.04 Å². The van der Waals surface area contributed by atoms with Crippen molar-refractivity contribution in [2.45, 2.75) is 19.4 Å². The maximum atomic E-state index is 11.7. The van der Waals surface area contributed by atoms with E-state index in [1.165, 1.54) is 25.3 Å². The van der Waals surface area contributed by atoms with Gasteiger partial charge in [0.25, 0.3) is 5.91 Å². The maximum Gasteiger partial charge on any atom is 0.326 e. The molecule has 6 nitrogen and oxygen atoms in total. The Kier molecular flexibility index (Phi) is 4.53. The summed E-state index contributed by atoms with van der Waals surface area (Å²) in [7, 11) is 1.40. The molecule has 1 atom stereocenters. The molecule has 6 heteroatoms. The molecule has 0 heterocycles. The second-order valence-corrected chi connectivity index (χ2v) is 3.66. The van der Waals surface area contributed by atoms with Crippen molar-refractivity contribution in [3.05, 3.63) is 23.8 Å². The van der Waals surface area contributed by atoms with Crippen molar-refractivity contribution in [3.63, 3.8) is 0 Å². The van der Waals surface area contributed by atoms with Crippen molar-refractivity contribution in [1.29, 1.82) is 0 Å². The van der Waals surface area contributed by atoms with Crippen molar-refractivity contribution in [2.24, 2.45) is 0 Å². The van der Waals surface area contributed by atoms with Gasteiger partial charge >= 0.3 is 5.97 Å². The smallest absolute Gasteiger partial charge is 0.326 e. The third-order valence-corrected chi connectivity index (χ3v) is 2.45. The zero-order chi connectivity index (χ0) is 13.7. The third kappa shape index (κ3) is 3.13. The van der Waals surface area contributed by atoms with E-state index in [0.29, 0.717) is 0 Å². The number of hydrogen-bond acceptors (Lipinski definition) is 4. The number of ether oxygens (including phenoxy) is 1. The molecule has 1 rings (SSSR count). The van der Waals surface area contributed by atoms with Gasteiger partial charge in [-0.15, -0.1) is 0 Å². The van der Waals surface area contributed by atoms with Crippen LogP contribution in [0.4, 0.5) is 0 Å². The summed E-state index contributed by atoms with van der Waals surface area (Å²) in [6.45, 7) is 1.66. The van der Waals surface area contributed by atoms with Crippen LogP contribution in [0.5, 0.6) is 11.5 Å². The molecule has 0 spiro atoms. The predicted molar refractivity (Wildman–Crippen MR) is 63.8 cm³/mol. The Hall–Kier alpha value is -2.24. The van der Waals surface area contributed by atoms with Crippen LogP contribution in [0.2, 0.25) is 0 Å². The molecule has 3 N–H and O–H groups in total. The third-order valence-electron chi connectivity index (χ3n) is 2.45. The number of carboxylic acid groups (broad SMARTS) is 1. The van der Waals surface area contributed by atoms with E-state index in [1.807, 2.05) is 0 Å². The number of phenolic OH excluding ortho intramolecular Hbond substituents is 1. The summed E-state index contributed by atoms with van der Waals surface area (Å²) in [5.41, 5.74) is 0.174. The number of carboxylic acids is 1. The molecule has 18 heavy (non-hydrogen) atoms. The summed E-state index contributed by atoms with van der Waals surface area (Å²) < 4.78 is 4.84. The maximum absolute atomic E-state index is 11.7. The average molecular weight is 253 g/mol. The van der Waals surface area contributed by atoms with Crippen molar-refractivity contribution < 1.29 is 24.5 Å². The second kappa shape index (κ2) is 5.90. The van der Waals surface area contributed by atoms with E-state index in [2.05, 4.69) is 5.32 Å². The van der Waals surface area contributed by atoms with Crippen LogP contribution in [0.3, 0.4) is 0 Å². The highest BCUT2D eigenvalue weighted by molar-refractivity contribution is 5.97. The average Bonchev–Trinajstić information content (AvgIpc) is 2.35. The van der Waals surface area contributed by atoms with Gasteiger partial charge in [0.2, 0.25) is 0 Å². The molecule has 1 amide bonds. The van der Waals surface area contributed by atoms with Crippen LogP contribution in [0.1, 0.15) is 23.7 Å². The van der Waals surface area contributed by atoms with E-state index in [-0.39, 0.29) is 23.5 Å². The molecule has 0 bridgehead atoms. The second-order valence-electron chi connectivity index (χ2n) is 3.66. The Balaban J connectivity index is 2.84. The van der Waals surface area contributed by atoms with Gasteiger partial charge in [0, 0.05) is 5.56 Å². The molecule has 0 fully saturated rings. The molecule has 0 saturated heterocycles. The highest BCUT2D eigenvalue weighted by Gasteiger charge is 2.19. The van der Waals surface area contributed by atoms with E-state index in [0.717, 1.165) is 0 Å². The Bertz CT molecular complexity index is 458. The number of benzene rings is 1. The fourth-order valence-corrected chi connectivity index (χ4v) is 1.41. The van der Waals surface area contributed by atoms with Crippen molar-refractivity contribution >= 4 is 11.9 Å². The first-order valence-corrected chi connectivity index (χ1v) is 5.40. The minimum absolute atomic E-state index is 0.173. The molecule has 0 unspecified atom stereocenters.